The largest absolute Gasteiger partial charge is 0.466 e. The molecular formula is C26H25NO5S. The molecule has 0 saturated heterocycles. The highest BCUT2D eigenvalue weighted by atomic mass is 32.2. The van der Waals surface area contributed by atoms with E-state index >= 15 is 0 Å². The van der Waals surface area contributed by atoms with Crippen molar-refractivity contribution < 1.29 is 22.7 Å². The van der Waals surface area contributed by atoms with E-state index < -0.39 is 22.0 Å². The van der Waals surface area contributed by atoms with E-state index in [0.717, 1.165) is 16.7 Å². The van der Waals surface area contributed by atoms with Crippen molar-refractivity contribution in [2.45, 2.75) is 38.1 Å². The number of esters is 1. The van der Waals surface area contributed by atoms with Crippen molar-refractivity contribution in [3.63, 3.8) is 0 Å². The Kier molecular flexibility index (Phi) is 6.08. The van der Waals surface area contributed by atoms with Crippen LogP contribution >= 0.6 is 0 Å². The van der Waals surface area contributed by atoms with Gasteiger partial charge in [0.25, 0.3) is 10.0 Å². The van der Waals surface area contributed by atoms with Gasteiger partial charge in [0.1, 0.15) is 0 Å². The Labute approximate surface area is 193 Å². The fraction of sp³-hybridized carbons (Fsp3) is 0.231. The highest BCUT2D eigenvalue weighted by molar-refractivity contribution is 7.92. The third-order valence-corrected chi connectivity index (χ3v) is 7.61. The van der Waals surface area contributed by atoms with Crippen molar-refractivity contribution in [2.75, 3.05) is 10.9 Å². The van der Waals surface area contributed by atoms with Gasteiger partial charge >= 0.3 is 5.97 Å². The van der Waals surface area contributed by atoms with E-state index in [4.69, 9.17) is 4.74 Å². The number of nitrogens with zero attached hydrogens (tertiary/aromatic N) is 1. The quantitative estimate of drug-likeness (QED) is 0.377. The molecule has 1 aliphatic rings. The van der Waals surface area contributed by atoms with Crippen LogP contribution in [0.2, 0.25) is 0 Å². The molecule has 0 bridgehead atoms. The number of aryl methyl sites for hydroxylation is 1. The molecule has 7 heteroatoms. The van der Waals surface area contributed by atoms with Crippen LogP contribution in [0.25, 0.3) is 11.1 Å². The molecule has 0 aromatic heterocycles. The van der Waals surface area contributed by atoms with Gasteiger partial charge in [0.15, 0.2) is 5.78 Å². The van der Waals surface area contributed by atoms with Gasteiger partial charge in [0.05, 0.1) is 29.7 Å². The third kappa shape index (κ3) is 4.16. The van der Waals surface area contributed by atoms with Crippen LogP contribution in [0.1, 0.15) is 47.8 Å². The zero-order valence-corrected chi connectivity index (χ0v) is 19.6. The Morgan fingerprint density at radius 3 is 2.33 bits per heavy atom. The third-order valence-electron chi connectivity index (χ3n) is 5.77. The van der Waals surface area contributed by atoms with E-state index in [1.165, 1.54) is 11.2 Å². The molecule has 1 heterocycles. The lowest BCUT2D eigenvalue weighted by molar-refractivity contribution is -0.143. The Morgan fingerprint density at radius 2 is 1.67 bits per heavy atom. The standard InChI is InChI=1S/C26H25NO5S/c1-4-32-26(29)16-25-23-15-19(18(3)28)11-14-21(23)22-7-5-6-8-24(22)27(25)33(30,31)20-12-9-17(2)10-13-20/h5-15,25H,4,16H2,1-3H3. The SMILES string of the molecule is CCOC(=O)CC1c2cc(C(C)=O)ccc2-c2ccccc2N1S(=O)(=O)c1ccc(C)cc1. The van der Waals surface area contributed by atoms with Crippen molar-refractivity contribution in [3.8, 4) is 11.1 Å². The number of para-hydroxylation sites is 1. The predicted octanol–water partition coefficient (Wildman–Crippen LogP) is 5.07. The molecule has 170 valence electrons. The van der Waals surface area contributed by atoms with Gasteiger partial charge in [-0.15, -0.1) is 0 Å². The molecule has 0 saturated carbocycles. The molecule has 1 atom stereocenters. The van der Waals surface area contributed by atoms with Crippen molar-refractivity contribution in [1.82, 2.24) is 0 Å². The molecule has 6 nitrogen and oxygen atoms in total. The first-order valence-electron chi connectivity index (χ1n) is 10.7. The molecular weight excluding hydrogens is 438 g/mol. The Balaban J connectivity index is 1.98. The second-order valence-corrected chi connectivity index (χ2v) is 9.83. The van der Waals surface area contributed by atoms with Crippen LogP contribution in [-0.4, -0.2) is 26.8 Å². The van der Waals surface area contributed by atoms with E-state index in [1.54, 1.807) is 55.5 Å². The lowest BCUT2D eigenvalue weighted by atomic mass is 9.86. The van der Waals surface area contributed by atoms with Gasteiger partial charge in [-0.1, -0.05) is 48.0 Å². The summed E-state index contributed by atoms with van der Waals surface area (Å²) in [6, 6.07) is 18.2. The molecule has 0 aliphatic carbocycles. The highest BCUT2D eigenvalue weighted by Crippen LogP contribution is 2.48. The number of Topliss-reactive ketones (excluding diaryl/α,β-unsaturated/α-hetero) is 1. The average molecular weight is 464 g/mol. The fourth-order valence-corrected chi connectivity index (χ4v) is 5.83. The van der Waals surface area contributed by atoms with Crippen molar-refractivity contribution in [3.05, 3.63) is 83.4 Å². The van der Waals surface area contributed by atoms with Crippen molar-refractivity contribution in [1.29, 1.82) is 0 Å². The van der Waals surface area contributed by atoms with Gasteiger partial charge in [-0.05, 0) is 56.2 Å². The number of hydrogen-bond acceptors (Lipinski definition) is 5. The first-order chi connectivity index (χ1) is 15.7. The second-order valence-electron chi connectivity index (χ2n) is 8.01. The number of rotatable bonds is 6. The topological polar surface area (TPSA) is 80.8 Å². The molecule has 3 aromatic carbocycles. The normalized spacial score (nSPS) is 14.9. The van der Waals surface area contributed by atoms with E-state index in [9.17, 15) is 18.0 Å². The van der Waals surface area contributed by atoms with Crippen LogP contribution in [-0.2, 0) is 19.6 Å². The highest BCUT2D eigenvalue weighted by Gasteiger charge is 2.40. The maximum Gasteiger partial charge on any atom is 0.308 e. The van der Waals surface area contributed by atoms with Crippen LogP contribution < -0.4 is 4.31 Å². The summed E-state index contributed by atoms with van der Waals surface area (Å²) in [5.74, 6) is -0.648. The molecule has 0 spiro atoms. The van der Waals surface area contributed by atoms with Gasteiger partial charge in [0.2, 0.25) is 0 Å². The van der Waals surface area contributed by atoms with Gasteiger partial charge in [0, 0.05) is 11.1 Å². The predicted molar refractivity (Wildman–Crippen MR) is 127 cm³/mol. The molecule has 1 unspecified atom stereocenters. The number of anilines is 1. The minimum absolute atomic E-state index is 0.128. The maximum absolute atomic E-state index is 13.9. The molecule has 4 rings (SSSR count). The summed E-state index contributed by atoms with van der Waals surface area (Å²) in [6.45, 7) is 5.24. The smallest absolute Gasteiger partial charge is 0.308 e. The summed E-state index contributed by atoms with van der Waals surface area (Å²) in [4.78, 5) is 24.8. The van der Waals surface area contributed by atoms with Crippen LogP contribution in [0, 0.1) is 6.92 Å². The summed E-state index contributed by atoms with van der Waals surface area (Å²) < 4.78 is 34.4. The van der Waals surface area contributed by atoms with Crippen molar-refractivity contribution in [2.24, 2.45) is 0 Å². The van der Waals surface area contributed by atoms with Gasteiger partial charge in [-0.3, -0.25) is 13.9 Å². The van der Waals surface area contributed by atoms with E-state index in [0.29, 0.717) is 16.8 Å². The zero-order chi connectivity index (χ0) is 23.8. The van der Waals surface area contributed by atoms with Crippen LogP contribution in [0.5, 0.6) is 0 Å². The monoisotopic (exact) mass is 463 g/mol. The second kappa shape index (κ2) is 8.83. The molecule has 33 heavy (non-hydrogen) atoms. The summed E-state index contributed by atoms with van der Waals surface area (Å²) >= 11 is 0. The number of fused-ring (bicyclic) bond motifs is 3. The van der Waals surface area contributed by atoms with Gasteiger partial charge in [-0.25, -0.2) is 8.42 Å². The minimum Gasteiger partial charge on any atom is -0.466 e. The number of ketones is 1. The number of ether oxygens (including phenoxy) is 1. The molecule has 0 N–H and O–H groups in total. The molecule has 1 aliphatic heterocycles. The molecule has 3 aromatic rings. The number of carbonyl (C=O) groups excluding carboxylic acids is 2. The first-order valence-corrected chi connectivity index (χ1v) is 12.2. The summed E-state index contributed by atoms with van der Waals surface area (Å²) in [5, 5.41) is 0. The maximum atomic E-state index is 13.9. The Hall–Kier alpha value is -3.45. The van der Waals surface area contributed by atoms with Gasteiger partial charge < -0.3 is 4.74 Å². The van der Waals surface area contributed by atoms with E-state index in [2.05, 4.69) is 0 Å². The number of carbonyl (C=O) groups is 2. The summed E-state index contributed by atoms with van der Waals surface area (Å²) in [7, 11) is -4.04. The Bertz CT molecular complexity index is 1330. The van der Waals surface area contributed by atoms with E-state index in [1.807, 2.05) is 25.1 Å². The van der Waals surface area contributed by atoms with Crippen LogP contribution in [0.3, 0.4) is 0 Å². The first kappa shape index (κ1) is 22.7. The zero-order valence-electron chi connectivity index (χ0n) is 18.7. The Morgan fingerprint density at radius 1 is 0.970 bits per heavy atom. The summed E-state index contributed by atoms with van der Waals surface area (Å²) in [6.07, 6.45) is -0.179. The molecule has 0 radical (unpaired) electrons. The lowest BCUT2D eigenvalue weighted by Gasteiger charge is -2.39. The molecule has 0 amide bonds. The molecule has 0 fully saturated rings. The fourth-order valence-electron chi connectivity index (χ4n) is 4.18. The van der Waals surface area contributed by atoms with Gasteiger partial charge in [-0.2, -0.15) is 0 Å². The lowest BCUT2D eigenvalue weighted by Crippen LogP contribution is -2.39. The van der Waals surface area contributed by atoms with E-state index in [-0.39, 0.29) is 23.7 Å². The minimum atomic E-state index is -4.04. The number of sulfonamides is 1. The number of benzene rings is 3. The van der Waals surface area contributed by atoms with Crippen molar-refractivity contribution >= 4 is 27.5 Å². The average Bonchev–Trinajstić information content (AvgIpc) is 2.79. The summed E-state index contributed by atoms with van der Waals surface area (Å²) in [5.41, 5.74) is 3.99. The van der Waals surface area contributed by atoms with Crippen LogP contribution in [0.4, 0.5) is 5.69 Å². The van der Waals surface area contributed by atoms with Crippen LogP contribution in [0.15, 0.2) is 71.6 Å². The number of hydrogen-bond donors (Lipinski definition) is 0.